The van der Waals surface area contributed by atoms with Crippen molar-refractivity contribution in [3.63, 3.8) is 0 Å². The number of hydrogen-bond acceptors (Lipinski definition) is 7. The molecular weight excluding hydrogens is 492 g/mol. The van der Waals surface area contributed by atoms with Gasteiger partial charge >= 0.3 is 0 Å². The molecule has 1 heterocycles. The summed E-state index contributed by atoms with van der Waals surface area (Å²) in [7, 11) is 1.77. The van der Waals surface area contributed by atoms with Gasteiger partial charge in [0, 0.05) is 30.4 Å². The predicted molar refractivity (Wildman–Crippen MR) is 142 cm³/mol. The van der Waals surface area contributed by atoms with Crippen molar-refractivity contribution < 1.29 is 14.5 Å². The first-order valence-corrected chi connectivity index (χ1v) is 12.6. The number of rotatable bonds is 9. The molecule has 0 aliphatic heterocycles. The molecule has 3 aromatic carbocycles. The van der Waals surface area contributed by atoms with E-state index in [4.69, 9.17) is 0 Å². The molecule has 1 atom stereocenters. The highest BCUT2D eigenvalue weighted by molar-refractivity contribution is 7.99. The van der Waals surface area contributed by atoms with E-state index in [1.807, 2.05) is 56.3 Å². The molecule has 4 aromatic rings. The molecular formula is C26H26N6O4S. The number of aromatic nitrogens is 3. The smallest absolute Gasteiger partial charge is 0.270 e. The van der Waals surface area contributed by atoms with Crippen LogP contribution in [0.3, 0.4) is 0 Å². The lowest BCUT2D eigenvalue weighted by Gasteiger charge is -2.21. The molecule has 0 radical (unpaired) electrons. The van der Waals surface area contributed by atoms with E-state index >= 15 is 0 Å². The van der Waals surface area contributed by atoms with Crippen LogP contribution >= 0.6 is 11.8 Å². The second-order valence-electron chi connectivity index (χ2n) is 8.80. The highest BCUT2D eigenvalue weighted by Crippen LogP contribution is 2.25. The Hall–Kier alpha value is -4.25. The number of hydrogen-bond donors (Lipinski definition) is 2. The fourth-order valence-corrected chi connectivity index (χ4v) is 4.55. The number of nitrogens with one attached hydrogen (secondary N) is 2. The van der Waals surface area contributed by atoms with Crippen molar-refractivity contribution in [1.82, 2.24) is 20.1 Å². The summed E-state index contributed by atoms with van der Waals surface area (Å²) in [5, 5.41) is 28.0. The largest absolute Gasteiger partial charge is 0.342 e. The van der Waals surface area contributed by atoms with Crippen LogP contribution in [0.25, 0.3) is 10.8 Å². The maximum atomic E-state index is 12.8. The van der Waals surface area contributed by atoms with Crippen LogP contribution in [-0.4, -0.2) is 37.3 Å². The summed E-state index contributed by atoms with van der Waals surface area (Å²) in [6, 6.07) is 18.7. The van der Waals surface area contributed by atoms with Crippen molar-refractivity contribution in [2.24, 2.45) is 13.0 Å². The van der Waals surface area contributed by atoms with Gasteiger partial charge in [-0.15, -0.1) is 10.2 Å². The molecule has 0 fully saturated rings. The minimum Gasteiger partial charge on any atom is -0.342 e. The number of non-ortho nitro benzene ring substituents is 1. The highest BCUT2D eigenvalue weighted by Gasteiger charge is 2.26. The number of thioether (sulfide) groups is 1. The Kier molecular flexibility index (Phi) is 7.83. The summed E-state index contributed by atoms with van der Waals surface area (Å²) in [6.45, 7) is 3.85. The summed E-state index contributed by atoms with van der Waals surface area (Å²) >= 11 is 1.24. The van der Waals surface area contributed by atoms with Crippen molar-refractivity contribution >= 4 is 45.7 Å². The average Bonchev–Trinajstić information content (AvgIpc) is 3.25. The van der Waals surface area contributed by atoms with E-state index in [0.717, 1.165) is 10.8 Å². The number of carbonyl (C=O) groups is 2. The van der Waals surface area contributed by atoms with E-state index in [9.17, 15) is 19.7 Å². The fourth-order valence-electron chi connectivity index (χ4n) is 3.83. The first kappa shape index (κ1) is 25.8. The number of fused-ring (bicyclic) bond motifs is 1. The van der Waals surface area contributed by atoms with Gasteiger partial charge in [-0.25, -0.2) is 0 Å². The van der Waals surface area contributed by atoms with Gasteiger partial charge in [0.25, 0.3) is 11.6 Å². The molecule has 0 aliphatic rings. The minimum atomic E-state index is -0.543. The van der Waals surface area contributed by atoms with Crippen LogP contribution in [0.15, 0.2) is 71.9 Å². The van der Waals surface area contributed by atoms with Gasteiger partial charge in [0.2, 0.25) is 5.91 Å². The minimum absolute atomic E-state index is 0.0420. The van der Waals surface area contributed by atoms with Crippen molar-refractivity contribution in [3.8, 4) is 0 Å². The second kappa shape index (κ2) is 11.2. The summed E-state index contributed by atoms with van der Waals surface area (Å²) in [5.74, 6) is -0.0186. The van der Waals surface area contributed by atoms with Crippen molar-refractivity contribution in [1.29, 1.82) is 0 Å². The lowest BCUT2D eigenvalue weighted by molar-refractivity contribution is -0.384. The number of nitro groups is 1. The second-order valence-corrected chi connectivity index (χ2v) is 9.74. The summed E-state index contributed by atoms with van der Waals surface area (Å²) in [5.41, 5.74) is 0.738. The zero-order valence-corrected chi connectivity index (χ0v) is 21.4. The molecule has 37 heavy (non-hydrogen) atoms. The molecule has 11 heteroatoms. The molecule has 0 bridgehead atoms. The van der Waals surface area contributed by atoms with Gasteiger partial charge in [0.15, 0.2) is 11.0 Å². The quantitative estimate of drug-likeness (QED) is 0.186. The van der Waals surface area contributed by atoms with Crippen LogP contribution in [-0.2, 0) is 11.8 Å². The van der Waals surface area contributed by atoms with Gasteiger partial charge in [-0.3, -0.25) is 19.7 Å². The molecule has 0 saturated carbocycles. The molecule has 0 spiro atoms. The Bertz CT molecular complexity index is 1470. The summed E-state index contributed by atoms with van der Waals surface area (Å²) in [4.78, 5) is 35.9. The number of benzene rings is 3. The Labute approximate surface area is 217 Å². The van der Waals surface area contributed by atoms with E-state index in [-0.39, 0.29) is 28.8 Å². The van der Waals surface area contributed by atoms with E-state index < -0.39 is 16.9 Å². The third kappa shape index (κ3) is 6.12. The molecule has 0 saturated heterocycles. The molecule has 10 nitrogen and oxygen atoms in total. The Morgan fingerprint density at radius 1 is 1.03 bits per heavy atom. The molecule has 0 unspecified atom stereocenters. The van der Waals surface area contributed by atoms with Crippen LogP contribution in [0.1, 0.15) is 36.1 Å². The highest BCUT2D eigenvalue weighted by atomic mass is 32.2. The first-order chi connectivity index (χ1) is 17.7. The summed E-state index contributed by atoms with van der Waals surface area (Å²) < 4.78 is 1.74. The Morgan fingerprint density at radius 2 is 1.78 bits per heavy atom. The van der Waals surface area contributed by atoms with Crippen molar-refractivity contribution in [2.75, 3.05) is 11.1 Å². The van der Waals surface area contributed by atoms with Gasteiger partial charge < -0.3 is 15.2 Å². The molecule has 2 amide bonds. The maximum absolute atomic E-state index is 12.8. The zero-order valence-electron chi connectivity index (χ0n) is 20.5. The molecule has 4 rings (SSSR count). The first-order valence-electron chi connectivity index (χ1n) is 11.6. The third-order valence-electron chi connectivity index (χ3n) is 5.78. The number of carbonyl (C=O) groups excluding carboxylic acids is 2. The number of nitro benzene ring substituents is 1. The van der Waals surface area contributed by atoms with Crippen LogP contribution in [0.2, 0.25) is 0 Å². The van der Waals surface area contributed by atoms with Crippen molar-refractivity contribution in [3.05, 3.63) is 88.2 Å². The van der Waals surface area contributed by atoms with Crippen LogP contribution in [0, 0.1) is 16.0 Å². The van der Waals surface area contributed by atoms with Gasteiger partial charge in [-0.2, -0.15) is 0 Å². The lowest BCUT2D eigenvalue weighted by Crippen LogP contribution is -2.33. The van der Waals surface area contributed by atoms with Gasteiger partial charge in [-0.1, -0.05) is 62.0 Å². The van der Waals surface area contributed by atoms with Gasteiger partial charge in [0.1, 0.15) is 0 Å². The monoisotopic (exact) mass is 518 g/mol. The molecule has 190 valence electrons. The number of amides is 2. The van der Waals surface area contributed by atoms with E-state index in [2.05, 4.69) is 20.8 Å². The maximum Gasteiger partial charge on any atom is 0.270 e. The summed E-state index contributed by atoms with van der Waals surface area (Å²) in [6.07, 6.45) is 0. The Balaban J connectivity index is 1.41. The predicted octanol–water partition coefficient (Wildman–Crippen LogP) is 4.73. The third-order valence-corrected chi connectivity index (χ3v) is 6.80. The van der Waals surface area contributed by atoms with E-state index in [1.165, 1.54) is 36.0 Å². The Morgan fingerprint density at radius 3 is 2.51 bits per heavy atom. The number of anilines is 1. The molecule has 2 N–H and O–H groups in total. The van der Waals surface area contributed by atoms with Crippen LogP contribution < -0.4 is 10.6 Å². The van der Waals surface area contributed by atoms with E-state index in [1.54, 1.807) is 11.6 Å². The topological polar surface area (TPSA) is 132 Å². The van der Waals surface area contributed by atoms with Gasteiger partial charge in [-0.05, 0) is 34.9 Å². The fraction of sp³-hybridized carbons (Fsp3) is 0.231. The standard InChI is InChI=1S/C26H26N6O4S/c1-16(2)23(28-25(34)19-9-6-10-21(14-19)32(35)36)24-29-30-26(31(24)3)37-15-22(33)27-20-12-11-17-7-4-5-8-18(17)13-20/h4-14,16,23H,15H2,1-3H3,(H,27,33)(H,28,34)/t23-/m0/s1. The normalized spacial score (nSPS) is 11.9. The number of nitrogens with zero attached hydrogens (tertiary/aromatic N) is 4. The zero-order chi connectivity index (χ0) is 26.5. The molecule has 1 aromatic heterocycles. The van der Waals surface area contributed by atoms with E-state index in [0.29, 0.717) is 16.7 Å². The average molecular weight is 519 g/mol. The van der Waals surface area contributed by atoms with Crippen molar-refractivity contribution in [2.45, 2.75) is 25.0 Å². The van der Waals surface area contributed by atoms with Gasteiger partial charge in [0.05, 0.1) is 16.7 Å². The lowest BCUT2D eigenvalue weighted by atomic mass is 10.0. The molecule has 0 aliphatic carbocycles. The van der Waals surface area contributed by atoms with Crippen LogP contribution in [0.5, 0.6) is 0 Å². The SMILES string of the molecule is CC(C)[C@H](NC(=O)c1cccc([N+](=O)[O-])c1)c1nnc(SCC(=O)Nc2ccc3ccccc3c2)n1C. The van der Waals surface area contributed by atoms with Crippen LogP contribution in [0.4, 0.5) is 11.4 Å².